The molecule has 0 atom stereocenters. The van der Waals surface area contributed by atoms with Crippen LogP contribution < -0.4 is 0 Å². The minimum atomic E-state index is 0.558. The fourth-order valence-corrected chi connectivity index (χ4v) is 8.61. The molecule has 0 bridgehead atoms. The van der Waals surface area contributed by atoms with Crippen molar-refractivity contribution < 1.29 is 8.83 Å². The largest absolute Gasteiger partial charge is 0.456 e. The molecule has 5 heteroatoms. The summed E-state index contributed by atoms with van der Waals surface area (Å²) in [6.07, 6.45) is 0. The molecule has 0 amide bonds. The minimum Gasteiger partial charge on any atom is -0.456 e. The van der Waals surface area contributed by atoms with Crippen molar-refractivity contribution in [2.45, 2.75) is 0 Å². The van der Waals surface area contributed by atoms with Gasteiger partial charge in [0.25, 0.3) is 0 Å². The zero-order chi connectivity index (χ0) is 38.2. The van der Waals surface area contributed by atoms with Crippen LogP contribution in [0.15, 0.2) is 197 Å². The van der Waals surface area contributed by atoms with E-state index in [9.17, 15) is 0 Å². The molecule has 58 heavy (non-hydrogen) atoms. The minimum absolute atomic E-state index is 0.558. The van der Waals surface area contributed by atoms with Crippen LogP contribution in [0.5, 0.6) is 0 Å². The maximum atomic E-state index is 6.51. The first-order chi connectivity index (χ1) is 28.7. The van der Waals surface area contributed by atoms with Crippen LogP contribution in [-0.2, 0) is 0 Å². The van der Waals surface area contributed by atoms with Gasteiger partial charge in [0.05, 0.1) is 0 Å². The molecule has 12 aromatic rings. The van der Waals surface area contributed by atoms with E-state index in [1.54, 1.807) is 0 Å². The highest BCUT2D eigenvalue weighted by molar-refractivity contribution is 6.16. The average Bonchev–Trinajstić information content (AvgIpc) is 3.87. The van der Waals surface area contributed by atoms with Gasteiger partial charge in [0.15, 0.2) is 17.5 Å². The van der Waals surface area contributed by atoms with E-state index < -0.39 is 0 Å². The Labute approximate surface area is 332 Å². The number of nitrogens with zero attached hydrogens (tertiary/aromatic N) is 3. The summed E-state index contributed by atoms with van der Waals surface area (Å²) in [6.45, 7) is 0. The van der Waals surface area contributed by atoms with Crippen molar-refractivity contribution >= 4 is 65.4 Å². The highest BCUT2D eigenvalue weighted by Gasteiger charge is 2.23. The Morgan fingerprint density at radius 3 is 1.67 bits per heavy atom. The number of fused-ring (bicyclic) bond motifs is 9. The predicted octanol–water partition coefficient (Wildman–Crippen LogP) is 14.3. The molecule has 270 valence electrons. The molecule has 0 radical (unpaired) electrons. The van der Waals surface area contributed by atoms with Crippen molar-refractivity contribution in [3.63, 3.8) is 0 Å². The third-order valence-corrected chi connectivity index (χ3v) is 11.4. The van der Waals surface area contributed by atoms with Crippen LogP contribution in [0.1, 0.15) is 0 Å². The Balaban J connectivity index is 1.15. The molecule has 0 unspecified atom stereocenters. The number of para-hydroxylation sites is 2. The van der Waals surface area contributed by atoms with Gasteiger partial charge in [-0.15, -0.1) is 0 Å². The number of hydrogen-bond donors (Lipinski definition) is 0. The van der Waals surface area contributed by atoms with Gasteiger partial charge in [-0.25, -0.2) is 15.0 Å². The van der Waals surface area contributed by atoms with E-state index >= 15 is 0 Å². The molecule has 0 saturated heterocycles. The summed E-state index contributed by atoms with van der Waals surface area (Å²) in [5.41, 5.74) is 10.2. The van der Waals surface area contributed by atoms with Crippen LogP contribution in [0.25, 0.3) is 122 Å². The second-order valence-corrected chi connectivity index (χ2v) is 14.7. The Hall–Kier alpha value is -7.89. The van der Waals surface area contributed by atoms with Crippen molar-refractivity contribution in [2.24, 2.45) is 0 Å². The van der Waals surface area contributed by atoms with Gasteiger partial charge >= 0.3 is 0 Å². The van der Waals surface area contributed by atoms with E-state index in [1.165, 1.54) is 21.7 Å². The van der Waals surface area contributed by atoms with Crippen molar-refractivity contribution in [2.75, 3.05) is 0 Å². The SMILES string of the molecule is c1ccc(-c2ccc(-c3ccc4oc5ccccc5c4c3-c3nc(-c4ccc5c(ccc6ccccc65)c4)nc(-c4cccc5oc6ccccc6c45)n3)cc2)cc1. The molecule has 0 N–H and O–H groups in total. The molecule has 0 saturated carbocycles. The van der Waals surface area contributed by atoms with E-state index in [0.29, 0.717) is 17.5 Å². The highest BCUT2D eigenvalue weighted by atomic mass is 16.3. The average molecular weight is 742 g/mol. The molecule has 0 aliphatic carbocycles. The zero-order valence-electron chi connectivity index (χ0n) is 31.1. The van der Waals surface area contributed by atoms with Gasteiger partial charge < -0.3 is 8.83 Å². The summed E-state index contributed by atoms with van der Waals surface area (Å²) < 4.78 is 12.9. The second-order valence-electron chi connectivity index (χ2n) is 14.7. The lowest BCUT2D eigenvalue weighted by Crippen LogP contribution is -2.02. The number of aromatic nitrogens is 3. The van der Waals surface area contributed by atoms with Crippen LogP contribution in [-0.4, -0.2) is 15.0 Å². The van der Waals surface area contributed by atoms with E-state index in [4.69, 9.17) is 23.8 Å². The highest BCUT2D eigenvalue weighted by Crippen LogP contribution is 2.44. The fraction of sp³-hybridized carbons (Fsp3) is 0. The maximum absolute atomic E-state index is 6.51. The van der Waals surface area contributed by atoms with Crippen LogP contribution in [0.3, 0.4) is 0 Å². The van der Waals surface area contributed by atoms with E-state index in [0.717, 1.165) is 82.6 Å². The Morgan fingerprint density at radius 1 is 0.293 bits per heavy atom. The van der Waals surface area contributed by atoms with E-state index in [1.807, 2.05) is 48.5 Å². The molecule has 0 fully saturated rings. The monoisotopic (exact) mass is 741 g/mol. The first kappa shape index (κ1) is 32.4. The summed E-state index contributed by atoms with van der Waals surface area (Å²) in [6, 6.07) is 65.1. The van der Waals surface area contributed by atoms with Crippen LogP contribution in [0.4, 0.5) is 0 Å². The van der Waals surface area contributed by atoms with Gasteiger partial charge in [0.2, 0.25) is 0 Å². The lowest BCUT2D eigenvalue weighted by atomic mass is 9.93. The van der Waals surface area contributed by atoms with Gasteiger partial charge in [-0.3, -0.25) is 0 Å². The smallest absolute Gasteiger partial charge is 0.165 e. The molecular weight excluding hydrogens is 711 g/mol. The van der Waals surface area contributed by atoms with Crippen molar-refractivity contribution in [3.05, 3.63) is 188 Å². The van der Waals surface area contributed by atoms with E-state index in [2.05, 4.69) is 140 Å². The van der Waals surface area contributed by atoms with Crippen LogP contribution in [0, 0.1) is 0 Å². The van der Waals surface area contributed by atoms with Gasteiger partial charge in [0.1, 0.15) is 22.3 Å². The molecule has 9 aromatic carbocycles. The van der Waals surface area contributed by atoms with Gasteiger partial charge in [-0.05, 0) is 80.2 Å². The lowest BCUT2D eigenvalue weighted by molar-refractivity contribution is 0.668. The Morgan fingerprint density at radius 2 is 0.862 bits per heavy atom. The van der Waals surface area contributed by atoms with Crippen molar-refractivity contribution in [1.82, 2.24) is 15.0 Å². The van der Waals surface area contributed by atoms with Gasteiger partial charge in [0, 0.05) is 38.2 Å². The molecule has 3 heterocycles. The molecule has 12 rings (SSSR count). The first-order valence-corrected chi connectivity index (χ1v) is 19.4. The number of benzene rings is 9. The molecule has 0 aliphatic heterocycles. The molecule has 5 nitrogen and oxygen atoms in total. The topological polar surface area (TPSA) is 65.0 Å². The number of rotatable bonds is 5. The molecular formula is C53H31N3O2. The van der Waals surface area contributed by atoms with Gasteiger partial charge in [-0.1, -0.05) is 152 Å². The summed E-state index contributed by atoms with van der Waals surface area (Å²) in [5, 5.41) is 8.65. The summed E-state index contributed by atoms with van der Waals surface area (Å²) in [7, 11) is 0. The normalized spacial score (nSPS) is 11.8. The molecule has 0 spiro atoms. The molecule has 3 aromatic heterocycles. The third-order valence-electron chi connectivity index (χ3n) is 11.4. The predicted molar refractivity (Wildman–Crippen MR) is 237 cm³/mol. The lowest BCUT2D eigenvalue weighted by Gasteiger charge is -2.14. The standard InChI is InChI=1S/C53H31N3O2/c1-2-11-32(12-3-1)33-21-23-35(24-22-33)40-29-30-47-49(42-16-7-9-19-45(42)58-47)50(40)53-55-51(37-27-28-39-36(31-37)26-25-34-13-4-5-14-38(34)39)54-52(56-53)43-17-10-20-46-48(43)41-15-6-8-18-44(41)57-46/h1-31H. The summed E-state index contributed by atoms with van der Waals surface area (Å²) in [4.78, 5) is 16.1. The molecule has 0 aliphatic rings. The zero-order valence-corrected chi connectivity index (χ0v) is 31.1. The Bertz CT molecular complexity index is 3570. The maximum Gasteiger partial charge on any atom is 0.165 e. The first-order valence-electron chi connectivity index (χ1n) is 19.4. The van der Waals surface area contributed by atoms with Crippen molar-refractivity contribution in [1.29, 1.82) is 0 Å². The van der Waals surface area contributed by atoms with Gasteiger partial charge in [-0.2, -0.15) is 0 Å². The number of furan rings is 2. The van der Waals surface area contributed by atoms with E-state index in [-0.39, 0.29) is 0 Å². The second kappa shape index (κ2) is 12.8. The summed E-state index contributed by atoms with van der Waals surface area (Å²) >= 11 is 0. The summed E-state index contributed by atoms with van der Waals surface area (Å²) in [5.74, 6) is 1.70. The number of hydrogen-bond acceptors (Lipinski definition) is 5. The third kappa shape index (κ3) is 5.14. The fourth-order valence-electron chi connectivity index (χ4n) is 8.61. The Kier molecular flexibility index (Phi) is 7.16. The van der Waals surface area contributed by atoms with Crippen LogP contribution >= 0.6 is 0 Å². The van der Waals surface area contributed by atoms with Crippen molar-refractivity contribution in [3.8, 4) is 56.4 Å². The quantitative estimate of drug-likeness (QED) is 0.164. The van der Waals surface area contributed by atoms with Crippen LogP contribution in [0.2, 0.25) is 0 Å².